The fourth-order valence-electron chi connectivity index (χ4n) is 4.53. The van der Waals surface area contributed by atoms with Crippen LogP contribution in [-0.2, 0) is 20.9 Å². The molecule has 0 saturated carbocycles. The van der Waals surface area contributed by atoms with Crippen molar-refractivity contribution >= 4 is 17.5 Å². The van der Waals surface area contributed by atoms with Crippen LogP contribution in [0.3, 0.4) is 0 Å². The monoisotopic (exact) mass is 380 g/mol. The van der Waals surface area contributed by atoms with E-state index in [1.165, 1.54) is 0 Å². The van der Waals surface area contributed by atoms with Crippen LogP contribution in [0.5, 0.6) is 5.75 Å². The number of ether oxygens (including phenoxy) is 2. The Kier molecular flexibility index (Phi) is 3.80. The van der Waals surface area contributed by atoms with Gasteiger partial charge in [0.05, 0.1) is 44.4 Å². The molecule has 3 aliphatic rings. The zero-order chi connectivity index (χ0) is 19.3. The third-order valence-corrected chi connectivity index (χ3v) is 5.75. The first-order chi connectivity index (χ1) is 13.6. The number of likely N-dealkylation sites (tertiary alicyclic amines) is 1. The van der Waals surface area contributed by atoms with Gasteiger partial charge in [-0.15, -0.1) is 0 Å². The molecule has 1 N–H and O–H groups in total. The first kappa shape index (κ1) is 17.1. The molecule has 2 saturated heterocycles. The maximum atomic E-state index is 13.1. The van der Waals surface area contributed by atoms with E-state index in [2.05, 4.69) is 5.32 Å². The molecular formula is C21H20N2O5. The van der Waals surface area contributed by atoms with Gasteiger partial charge >= 0.3 is 0 Å². The second kappa shape index (κ2) is 6.24. The lowest BCUT2D eigenvalue weighted by molar-refractivity contribution is -0.136. The van der Waals surface area contributed by atoms with Gasteiger partial charge in [-0.25, -0.2) is 0 Å². The summed E-state index contributed by atoms with van der Waals surface area (Å²) in [6.07, 6.45) is 5.04. The van der Waals surface area contributed by atoms with Crippen LogP contribution in [0, 0.1) is 11.8 Å². The van der Waals surface area contributed by atoms with Crippen LogP contribution in [0.2, 0.25) is 0 Å². The number of rotatable bonds is 5. The molecule has 2 bridgehead atoms. The summed E-state index contributed by atoms with van der Waals surface area (Å²) < 4.78 is 16.7. The van der Waals surface area contributed by atoms with Gasteiger partial charge in [0, 0.05) is 11.8 Å². The SMILES string of the molecule is COc1cccc(NC(=O)[C@H]2[C@@H]3C=C[C@]4(CN(Cc5ccco5)C(=O)[C@H]24)O3)c1. The third kappa shape index (κ3) is 2.54. The van der Waals surface area contributed by atoms with Crippen molar-refractivity contribution in [3.8, 4) is 5.75 Å². The van der Waals surface area contributed by atoms with Gasteiger partial charge in [-0.1, -0.05) is 18.2 Å². The Balaban J connectivity index is 1.38. The number of hydrogen-bond donors (Lipinski definition) is 1. The topological polar surface area (TPSA) is 81.0 Å². The van der Waals surface area contributed by atoms with E-state index in [4.69, 9.17) is 13.9 Å². The average molecular weight is 380 g/mol. The zero-order valence-corrected chi connectivity index (χ0v) is 15.3. The maximum Gasteiger partial charge on any atom is 0.231 e. The summed E-state index contributed by atoms with van der Waals surface area (Å²) in [6, 6.07) is 10.8. The minimum Gasteiger partial charge on any atom is -0.497 e. The highest BCUT2D eigenvalue weighted by molar-refractivity contribution is 5.99. The van der Waals surface area contributed by atoms with Crippen LogP contribution >= 0.6 is 0 Å². The highest BCUT2D eigenvalue weighted by atomic mass is 16.5. The third-order valence-electron chi connectivity index (χ3n) is 5.75. The summed E-state index contributed by atoms with van der Waals surface area (Å²) in [7, 11) is 1.57. The second-order valence-corrected chi connectivity index (χ2v) is 7.39. The van der Waals surface area contributed by atoms with Gasteiger partial charge in [-0.2, -0.15) is 0 Å². The molecule has 1 spiro atoms. The molecule has 4 atom stereocenters. The lowest BCUT2D eigenvalue weighted by Crippen LogP contribution is -2.41. The van der Waals surface area contributed by atoms with Gasteiger partial charge in [0.2, 0.25) is 11.8 Å². The number of nitrogens with zero attached hydrogens (tertiary/aromatic N) is 1. The Bertz CT molecular complexity index is 953. The number of carbonyl (C=O) groups excluding carboxylic acids is 2. The number of nitrogens with one attached hydrogen (secondary N) is 1. The van der Waals surface area contributed by atoms with Crippen molar-refractivity contribution in [1.82, 2.24) is 4.90 Å². The first-order valence-electron chi connectivity index (χ1n) is 9.23. The summed E-state index contributed by atoms with van der Waals surface area (Å²) in [5.41, 5.74) is -0.104. The molecule has 0 radical (unpaired) electrons. The number of methoxy groups -OCH3 is 1. The minimum atomic E-state index is -0.731. The molecule has 2 amide bonds. The van der Waals surface area contributed by atoms with E-state index < -0.39 is 17.4 Å². The standard InChI is InChI=1S/C21H20N2O5/c1-26-14-5-2-4-13(10-14)22-19(24)17-16-7-8-21(28-16)12-23(20(25)18(17)21)11-15-6-3-9-27-15/h2-10,16-18H,11-12H2,1H3,(H,22,24)/t16-,17-,18-,21+/m0/s1. The minimum absolute atomic E-state index is 0.0750. The largest absolute Gasteiger partial charge is 0.497 e. The van der Waals surface area contributed by atoms with E-state index in [0.29, 0.717) is 30.3 Å². The number of furan rings is 1. The van der Waals surface area contributed by atoms with E-state index in [1.54, 1.807) is 48.6 Å². The van der Waals surface area contributed by atoms with E-state index in [1.807, 2.05) is 18.2 Å². The number of benzene rings is 1. The Morgan fingerprint density at radius 1 is 1.36 bits per heavy atom. The lowest BCUT2D eigenvalue weighted by Gasteiger charge is -2.23. The first-order valence-corrected chi connectivity index (χ1v) is 9.23. The van der Waals surface area contributed by atoms with Crippen LogP contribution in [0.25, 0.3) is 0 Å². The van der Waals surface area contributed by atoms with Gasteiger partial charge < -0.3 is 24.1 Å². The van der Waals surface area contributed by atoms with Crippen molar-refractivity contribution in [3.05, 3.63) is 60.6 Å². The molecule has 2 aromatic rings. The zero-order valence-electron chi connectivity index (χ0n) is 15.3. The van der Waals surface area contributed by atoms with E-state index in [0.717, 1.165) is 0 Å². The number of anilines is 1. The number of carbonyl (C=O) groups is 2. The molecule has 144 valence electrons. The molecule has 7 nitrogen and oxygen atoms in total. The second-order valence-electron chi connectivity index (χ2n) is 7.39. The number of fused-ring (bicyclic) bond motifs is 1. The van der Waals surface area contributed by atoms with Crippen molar-refractivity contribution in [2.45, 2.75) is 18.2 Å². The summed E-state index contributed by atoms with van der Waals surface area (Å²) in [6.45, 7) is 0.795. The molecule has 3 aliphatic heterocycles. The summed E-state index contributed by atoms with van der Waals surface area (Å²) >= 11 is 0. The molecule has 7 heteroatoms. The molecule has 5 rings (SSSR count). The molecule has 1 aromatic carbocycles. The van der Waals surface area contributed by atoms with E-state index in [9.17, 15) is 9.59 Å². The van der Waals surface area contributed by atoms with Crippen LogP contribution < -0.4 is 10.1 Å². The van der Waals surface area contributed by atoms with Crippen molar-refractivity contribution < 1.29 is 23.5 Å². The Morgan fingerprint density at radius 2 is 2.25 bits per heavy atom. The van der Waals surface area contributed by atoms with Gasteiger partial charge in [-0.05, 0) is 24.3 Å². The fraction of sp³-hybridized carbons (Fsp3) is 0.333. The molecule has 4 heterocycles. The van der Waals surface area contributed by atoms with Gasteiger partial charge in [0.15, 0.2) is 0 Å². The van der Waals surface area contributed by atoms with Crippen LogP contribution in [0.4, 0.5) is 5.69 Å². The Hall–Kier alpha value is -3.06. The van der Waals surface area contributed by atoms with Crippen molar-refractivity contribution in [2.75, 3.05) is 19.0 Å². The van der Waals surface area contributed by atoms with Crippen molar-refractivity contribution in [2.24, 2.45) is 11.8 Å². The Morgan fingerprint density at radius 3 is 3.04 bits per heavy atom. The predicted molar refractivity (Wildman–Crippen MR) is 99.5 cm³/mol. The maximum absolute atomic E-state index is 13.1. The average Bonchev–Trinajstić information content (AvgIpc) is 3.45. The number of amides is 2. The molecular weight excluding hydrogens is 360 g/mol. The quantitative estimate of drug-likeness (QED) is 0.805. The van der Waals surface area contributed by atoms with E-state index in [-0.39, 0.29) is 17.9 Å². The Labute approximate surface area is 161 Å². The smallest absolute Gasteiger partial charge is 0.231 e. The molecule has 0 unspecified atom stereocenters. The highest BCUT2D eigenvalue weighted by Gasteiger charge is 2.66. The van der Waals surface area contributed by atoms with Gasteiger partial charge in [0.1, 0.15) is 17.1 Å². The van der Waals surface area contributed by atoms with Crippen molar-refractivity contribution in [3.63, 3.8) is 0 Å². The molecule has 2 fully saturated rings. The van der Waals surface area contributed by atoms with Crippen LogP contribution in [0.15, 0.2) is 59.2 Å². The fourth-order valence-corrected chi connectivity index (χ4v) is 4.53. The lowest BCUT2D eigenvalue weighted by atomic mass is 9.77. The number of hydrogen-bond acceptors (Lipinski definition) is 5. The normalized spacial score (nSPS) is 30.0. The summed E-state index contributed by atoms with van der Waals surface area (Å²) in [5, 5.41) is 2.91. The summed E-state index contributed by atoms with van der Waals surface area (Å²) in [4.78, 5) is 27.9. The molecule has 1 aromatic heterocycles. The summed E-state index contributed by atoms with van der Waals surface area (Å²) in [5.74, 6) is -0.0225. The predicted octanol–water partition coefficient (Wildman–Crippen LogP) is 2.21. The van der Waals surface area contributed by atoms with Gasteiger partial charge in [-0.3, -0.25) is 9.59 Å². The van der Waals surface area contributed by atoms with Crippen LogP contribution in [-0.4, -0.2) is 42.1 Å². The molecule has 28 heavy (non-hydrogen) atoms. The highest BCUT2D eigenvalue weighted by Crippen LogP contribution is 2.52. The van der Waals surface area contributed by atoms with Crippen molar-refractivity contribution in [1.29, 1.82) is 0 Å². The van der Waals surface area contributed by atoms with Crippen LogP contribution in [0.1, 0.15) is 5.76 Å². The molecule has 0 aliphatic carbocycles. The van der Waals surface area contributed by atoms with Gasteiger partial charge in [0.25, 0.3) is 0 Å². The van der Waals surface area contributed by atoms with E-state index >= 15 is 0 Å².